The fourth-order valence-corrected chi connectivity index (χ4v) is 3.71. The van der Waals surface area contributed by atoms with Gasteiger partial charge in [0.25, 0.3) is 0 Å². The fraction of sp³-hybridized carbons (Fsp3) is 0.150. The number of carbonyl (C=O) groups is 1. The molecule has 2 nitrogen and oxygen atoms in total. The van der Waals surface area contributed by atoms with Gasteiger partial charge in [-0.05, 0) is 44.8 Å². The van der Waals surface area contributed by atoms with E-state index in [9.17, 15) is 4.79 Å². The van der Waals surface area contributed by atoms with Crippen molar-refractivity contribution in [1.82, 2.24) is 5.32 Å². The molecule has 0 spiro atoms. The average Bonchev–Trinajstić information content (AvgIpc) is 2.59. The molecule has 4 aromatic rings. The fourth-order valence-electron chi connectivity index (χ4n) is 3.49. The first-order valence-electron chi connectivity index (χ1n) is 7.71. The number of hydrogen-bond donors (Lipinski definition) is 1. The highest BCUT2D eigenvalue weighted by Gasteiger charge is 2.15. The van der Waals surface area contributed by atoms with Crippen LogP contribution in [0.25, 0.3) is 32.3 Å². The maximum atomic E-state index is 11.7. The molecule has 0 aromatic heterocycles. The second-order valence-electron chi connectivity index (χ2n) is 5.93. The highest BCUT2D eigenvalue weighted by atomic mass is 127. The molecule has 114 valence electrons. The Hall–Kier alpha value is -1.88. The standard InChI is InChI=1S/C20H16INO/c1-12(22-18(23)11-21)16-9-7-15-6-5-13-3-2-4-14-8-10-17(16)20(15)19(13)14/h2-10,12H,11H2,1H3,(H,22,23). The van der Waals surface area contributed by atoms with E-state index in [2.05, 4.69) is 89.4 Å². The molecule has 1 N–H and O–H groups in total. The Kier molecular flexibility index (Phi) is 3.60. The predicted octanol–water partition coefficient (Wildman–Crippen LogP) is 5.20. The highest BCUT2D eigenvalue weighted by molar-refractivity contribution is 14.1. The van der Waals surface area contributed by atoms with Crippen LogP contribution >= 0.6 is 22.6 Å². The molecule has 0 heterocycles. The highest BCUT2D eigenvalue weighted by Crippen LogP contribution is 2.37. The molecule has 4 aromatic carbocycles. The van der Waals surface area contributed by atoms with E-state index in [0.29, 0.717) is 4.43 Å². The molecular weight excluding hydrogens is 397 g/mol. The minimum atomic E-state index is 0.00170. The van der Waals surface area contributed by atoms with Crippen molar-refractivity contribution < 1.29 is 4.79 Å². The van der Waals surface area contributed by atoms with E-state index in [1.54, 1.807) is 0 Å². The average molecular weight is 413 g/mol. The number of halogens is 1. The summed E-state index contributed by atoms with van der Waals surface area (Å²) in [6.07, 6.45) is 0. The number of benzene rings is 4. The third-order valence-electron chi connectivity index (χ3n) is 4.53. The van der Waals surface area contributed by atoms with Crippen LogP contribution in [0.1, 0.15) is 18.5 Å². The van der Waals surface area contributed by atoms with Crippen molar-refractivity contribution >= 4 is 60.8 Å². The first-order chi connectivity index (χ1) is 11.2. The summed E-state index contributed by atoms with van der Waals surface area (Å²) in [6, 6.07) is 19.5. The Morgan fingerprint density at radius 1 is 0.957 bits per heavy atom. The maximum Gasteiger partial charge on any atom is 0.230 e. The van der Waals surface area contributed by atoms with Gasteiger partial charge in [0.15, 0.2) is 0 Å². The van der Waals surface area contributed by atoms with Crippen molar-refractivity contribution in [1.29, 1.82) is 0 Å². The van der Waals surface area contributed by atoms with Crippen molar-refractivity contribution in [2.75, 3.05) is 4.43 Å². The molecule has 1 unspecified atom stereocenters. The molecule has 23 heavy (non-hydrogen) atoms. The maximum absolute atomic E-state index is 11.7. The summed E-state index contributed by atoms with van der Waals surface area (Å²) in [5.74, 6) is 0.0730. The normalized spacial score (nSPS) is 13.0. The van der Waals surface area contributed by atoms with Crippen LogP contribution < -0.4 is 5.32 Å². The van der Waals surface area contributed by atoms with Crippen LogP contribution in [-0.4, -0.2) is 10.3 Å². The molecule has 1 atom stereocenters. The van der Waals surface area contributed by atoms with Crippen LogP contribution in [0.5, 0.6) is 0 Å². The van der Waals surface area contributed by atoms with Crippen LogP contribution in [0.4, 0.5) is 0 Å². The Bertz CT molecular complexity index is 1010. The van der Waals surface area contributed by atoms with Gasteiger partial charge in [0.1, 0.15) is 0 Å². The van der Waals surface area contributed by atoms with E-state index < -0.39 is 0 Å². The van der Waals surface area contributed by atoms with Crippen molar-refractivity contribution in [3.8, 4) is 0 Å². The molecule has 1 amide bonds. The number of carbonyl (C=O) groups excluding carboxylic acids is 1. The summed E-state index contributed by atoms with van der Waals surface area (Å²) in [5, 5.41) is 10.7. The zero-order chi connectivity index (χ0) is 16.0. The summed E-state index contributed by atoms with van der Waals surface area (Å²) in [7, 11) is 0. The number of hydrogen-bond acceptors (Lipinski definition) is 1. The zero-order valence-corrected chi connectivity index (χ0v) is 14.9. The molecule has 0 fully saturated rings. The number of rotatable bonds is 3. The summed E-state index contributed by atoms with van der Waals surface area (Å²) in [4.78, 5) is 11.7. The van der Waals surface area contributed by atoms with Crippen LogP contribution in [0.2, 0.25) is 0 Å². The topological polar surface area (TPSA) is 29.1 Å². The summed E-state index contributed by atoms with van der Waals surface area (Å²) in [5.41, 5.74) is 1.17. The smallest absolute Gasteiger partial charge is 0.230 e. The lowest BCUT2D eigenvalue weighted by Gasteiger charge is -2.19. The summed E-state index contributed by atoms with van der Waals surface area (Å²) in [6.45, 7) is 2.05. The van der Waals surface area contributed by atoms with E-state index in [-0.39, 0.29) is 11.9 Å². The quantitative estimate of drug-likeness (QED) is 0.279. The second kappa shape index (κ2) is 5.64. The molecule has 4 rings (SSSR count). The lowest BCUT2D eigenvalue weighted by atomic mass is 9.90. The minimum absolute atomic E-state index is 0.00170. The van der Waals surface area contributed by atoms with Gasteiger partial charge in [-0.25, -0.2) is 0 Å². The van der Waals surface area contributed by atoms with Gasteiger partial charge in [-0.1, -0.05) is 77.2 Å². The Labute approximate surface area is 148 Å². The largest absolute Gasteiger partial charge is 0.349 e. The minimum Gasteiger partial charge on any atom is -0.349 e. The Morgan fingerprint density at radius 3 is 2.26 bits per heavy atom. The Balaban J connectivity index is 2.01. The van der Waals surface area contributed by atoms with Gasteiger partial charge in [0.2, 0.25) is 5.91 Å². The third kappa shape index (κ3) is 2.34. The van der Waals surface area contributed by atoms with E-state index >= 15 is 0 Å². The molecule has 0 bridgehead atoms. The lowest BCUT2D eigenvalue weighted by Crippen LogP contribution is -2.27. The van der Waals surface area contributed by atoms with Gasteiger partial charge in [-0.3, -0.25) is 4.79 Å². The number of alkyl halides is 1. The van der Waals surface area contributed by atoms with Crippen LogP contribution in [-0.2, 0) is 4.79 Å². The van der Waals surface area contributed by atoms with Crippen LogP contribution in [0, 0.1) is 0 Å². The lowest BCUT2D eigenvalue weighted by molar-refractivity contribution is -0.118. The third-order valence-corrected chi connectivity index (χ3v) is 5.22. The first-order valence-corrected chi connectivity index (χ1v) is 9.23. The van der Waals surface area contributed by atoms with Crippen LogP contribution in [0.3, 0.4) is 0 Å². The van der Waals surface area contributed by atoms with Gasteiger partial charge in [0, 0.05) is 0 Å². The van der Waals surface area contributed by atoms with Gasteiger partial charge in [0.05, 0.1) is 10.5 Å². The molecule has 0 saturated heterocycles. The van der Waals surface area contributed by atoms with Gasteiger partial charge >= 0.3 is 0 Å². The summed E-state index contributed by atoms with van der Waals surface area (Å²) >= 11 is 2.09. The van der Waals surface area contributed by atoms with E-state index in [4.69, 9.17) is 0 Å². The zero-order valence-electron chi connectivity index (χ0n) is 12.8. The van der Waals surface area contributed by atoms with Gasteiger partial charge < -0.3 is 5.32 Å². The molecule has 0 aliphatic carbocycles. The van der Waals surface area contributed by atoms with Crippen molar-refractivity contribution in [2.45, 2.75) is 13.0 Å². The van der Waals surface area contributed by atoms with Crippen molar-refractivity contribution in [2.24, 2.45) is 0 Å². The Morgan fingerprint density at radius 2 is 1.57 bits per heavy atom. The predicted molar refractivity (Wildman–Crippen MR) is 106 cm³/mol. The second-order valence-corrected chi connectivity index (χ2v) is 6.70. The summed E-state index contributed by atoms with van der Waals surface area (Å²) < 4.78 is 0.480. The SMILES string of the molecule is CC(NC(=O)CI)c1ccc2ccc3cccc4ccc1c2c34. The molecule has 3 heteroatoms. The molecular formula is C20H16INO. The molecule has 0 aliphatic rings. The van der Waals surface area contributed by atoms with Crippen molar-refractivity contribution in [3.05, 3.63) is 60.2 Å². The first kappa shape index (κ1) is 14.7. The van der Waals surface area contributed by atoms with E-state index in [0.717, 1.165) is 0 Å². The monoisotopic (exact) mass is 413 g/mol. The van der Waals surface area contributed by atoms with E-state index in [1.807, 2.05) is 0 Å². The molecule has 0 radical (unpaired) electrons. The number of nitrogens with one attached hydrogen (secondary N) is 1. The van der Waals surface area contributed by atoms with Crippen LogP contribution in [0.15, 0.2) is 54.6 Å². The number of amides is 1. The molecule has 0 saturated carbocycles. The van der Waals surface area contributed by atoms with E-state index in [1.165, 1.54) is 37.9 Å². The van der Waals surface area contributed by atoms with Gasteiger partial charge in [-0.2, -0.15) is 0 Å². The molecule has 0 aliphatic heterocycles. The van der Waals surface area contributed by atoms with Gasteiger partial charge in [-0.15, -0.1) is 0 Å². The van der Waals surface area contributed by atoms with Crippen molar-refractivity contribution in [3.63, 3.8) is 0 Å².